The van der Waals surface area contributed by atoms with Crippen molar-refractivity contribution >= 4 is 0 Å². The summed E-state index contributed by atoms with van der Waals surface area (Å²) in [5.74, 6) is 1.48. The van der Waals surface area contributed by atoms with Gasteiger partial charge in [-0.25, -0.2) is 0 Å². The van der Waals surface area contributed by atoms with Crippen molar-refractivity contribution in [1.29, 1.82) is 0 Å². The first-order chi connectivity index (χ1) is 13.3. The highest BCUT2D eigenvalue weighted by Gasteiger charge is 2.16. The zero-order valence-corrected chi connectivity index (χ0v) is 15.6. The van der Waals surface area contributed by atoms with E-state index < -0.39 is 0 Å². The molecule has 0 aliphatic carbocycles. The number of hydrogen-bond donors (Lipinski definition) is 1. The molecule has 0 saturated carbocycles. The van der Waals surface area contributed by atoms with E-state index in [9.17, 15) is 0 Å². The Labute approximate surface area is 159 Å². The molecule has 1 aliphatic heterocycles. The van der Waals surface area contributed by atoms with Crippen molar-refractivity contribution in [3.8, 4) is 22.6 Å². The Morgan fingerprint density at radius 3 is 2.63 bits per heavy atom. The molecule has 2 heterocycles. The van der Waals surface area contributed by atoms with Crippen molar-refractivity contribution in [2.75, 3.05) is 20.2 Å². The zero-order chi connectivity index (χ0) is 18.5. The van der Waals surface area contributed by atoms with Crippen molar-refractivity contribution in [3.63, 3.8) is 0 Å². The molecule has 0 radical (unpaired) electrons. The average molecular weight is 363 g/mol. The Hall–Kier alpha value is -2.79. The number of nitrogens with one attached hydrogen (secondary N) is 1. The maximum Gasteiger partial charge on any atom is 0.161 e. The highest BCUT2D eigenvalue weighted by Crippen LogP contribution is 2.33. The van der Waals surface area contributed by atoms with E-state index in [1.165, 1.54) is 0 Å². The van der Waals surface area contributed by atoms with Crippen molar-refractivity contribution in [2.24, 2.45) is 0 Å². The van der Waals surface area contributed by atoms with Gasteiger partial charge in [0.25, 0.3) is 0 Å². The zero-order valence-electron chi connectivity index (χ0n) is 15.6. The van der Waals surface area contributed by atoms with Gasteiger partial charge in [-0.15, -0.1) is 0 Å². The van der Waals surface area contributed by atoms with Crippen LogP contribution in [0, 0.1) is 0 Å². The first-order valence-electron chi connectivity index (χ1n) is 9.43. The van der Waals surface area contributed by atoms with Gasteiger partial charge in [0.2, 0.25) is 0 Å². The molecule has 0 amide bonds. The van der Waals surface area contributed by atoms with Gasteiger partial charge in [0.15, 0.2) is 11.5 Å². The topological polar surface area (TPSA) is 48.3 Å². The lowest BCUT2D eigenvalue weighted by Gasteiger charge is -2.22. The molecule has 5 nitrogen and oxygen atoms in total. The minimum atomic E-state index is 0.482. The van der Waals surface area contributed by atoms with Crippen LogP contribution in [0.5, 0.6) is 11.5 Å². The second-order valence-electron chi connectivity index (χ2n) is 6.83. The fourth-order valence-corrected chi connectivity index (χ4v) is 3.46. The summed E-state index contributed by atoms with van der Waals surface area (Å²) >= 11 is 0. The van der Waals surface area contributed by atoms with Crippen LogP contribution in [0.15, 0.2) is 60.9 Å². The molecule has 4 rings (SSSR count). The molecule has 0 atom stereocenters. The lowest BCUT2D eigenvalue weighted by Crippen LogP contribution is -2.29. The van der Waals surface area contributed by atoms with Gasteiger partial charge >= 0.3 is 0 Å². The Kier molecular flexibility index (Phi) is 5.39. The van der Waals surface area contributed by atoms with Crippen LogP contribution < -0.4 is 14.8 Å². The molecule has 1 aromatic heterocycles. The van der Waals surface area contributed by atoms with Gasteiger partial charge in [-0.3, -0.25) is 4.68 Å². The van der Waals surface area contributed by atoms with Crippen LogP contribution in [-0.2, 0) is 6.61 Å². The summed E-state index contributed by atoms with van der Waals surface area (Å²) < 4.78 is 13.6. The van der Waals surface area contributed by atoms with Crippen LogP contribution in [0.4, 0.5) is 0 Å². The average Bonchev–Trinajstić information content (AvgIpc) is 3.24. The van der Waals surface area contributed by atoms with Gasteiger partial charge in [-0.2, -0.15) is 5.10 Å². The summed E-state index contributed by atoms with van der Waals surface area (Å²) in [6.45, 7) is 2.63. The number of methoxy groups -OCH3 is 1. The Balaban J connectivity index is 1.50. The lowest BCUT2D eigenvalue weighted by molar-refractivity contribution is 0.284. The summed E-state index contributed by atoms with van der Waals surface area (Å²) in [4.78, 5) is 0. The number of aromatic nitrogens is 2. The molecule has 0 bridgehead atoms. The van der Waals surface area contributed by atoms with E-state index in [1.807, 2.05) is 36.5 Å². The summed E-state index contributed by atoms with van der Waals surface area (Å²) in [5, 5.41) is 7.98. The van der Waals surface area contributed by atoms with Crippen molar-refractivity contribution in [1.82, 2.24) is 15.1 Å². The van der Waals surface area contributed by atoms with Crippen LogP contribution in [0.25, 0.3) is 11.1 Å². The van der Waals surface area contributed by atoms with E-state index in [4.69, 9.17) is 9.47 Å². The van der Waals surface area contributed by atoms with Crippen LogP contribution in [0.3, 0.4) is 0 Å². The quantitative estimate of drug-likeness (QED) is 0.717. The smallest absolute Gasteiger partial charge is 0.161 e. The van der Waals surface area contributed by atoms with Crippen LogP contribution in [-0.4, -0.2) is 30.0 Å². The van der Waals surface area contributed by atoms with Gasteiger partial charge in [-0.05, 0) is 49.2 Å². The lowest BCUT2D eigenvalue weighted by atomic mass is 10.1. The molecule has 27 heavy (non-hydrogen) atoms. The van der Waals surface area contributed by atoms with Gasteiger partial charge in [-0.1, -0.05) is 36.4 Å². The van der Waals surface area contributed by atoms with E-state index in [0.29, 0.717) is 12.6 Å². The summed E-state index contributed by atoms with van der Waals surface area (Å²) in [7, 11) is 1.67. The molecular formula is C22H25N3O2. The molecule has 5 heteroatoms. The van der Waals surface area contributed by atoms with E-state index in [0.717, 1.165) is 54.1 Å². The number of hydrogen-bond acceptors (Lipinski definition) is 4. The highest BCUT2D eigenvalue weighted by molar-refractivity contribution is 5.66. The van der Waals surface area contributed by atoms with Crippen LogP contribution in [0.1, 0.15) is 24.4 Å². The fraction of sp³-hybridized carbons (Fsp3) is 0.318. The second-order valence-corrected chi connectivity index (χ2v) is 6.83. The molecule has 1 N–H and O–H groups in total. The summed E-state index contributed by atoms with van der Waals surface area (Å²) in [5.41, 5.74) is 3.31. The van der Waals surface area contributed by atoms with E-state index in [-0.39, 0.29) is 0 Å². The van der Waals surface area contributed by atoms with E-state index >= 15 is 0 Å². The van der Waals surface area contributed by atoms with Gasteiger partial charge in [0.05, 0.1) is 19.3 Å². The molecule has 0 spiro atoms. The van der Waals surface area contributed by atoms with Gasteiger partial charge in [0.1, 0.15) is 6.61 Å². The third-order valence-corrected chi connectivity index (χ3v) is 5.02. The van der Waals surface area contributed by atoms with E-state index in [2.05, 4.69) is 39.5 Å². The number of benzene rings is 2. The predicted molar refractivity (Wildman–Crippen MR) is 106 cm³/mol. The van der Waals surface area contributed by atoms with Gasteiger partial charge in [0, 0.05) is 11.8 Å². The van der Waals surface area contributed by atoms with Crippen molar-refractivity contribution in [2.45, 2.75) is 25.5 Å². The normalized spacial score (nSPS) is 14.9. The monoisotopic (exact) mass is 363 g/mol. The molecule has 1 saturated heterocycles. The van der Waals surface area contributed by atoms with Crippen molar-refractivity contribution in [3.05, 3.63) is 66.5 Å². The number of nitrogens with zero attached hydrogens (tertiary/aromatic N) is 2. The summed E-state index contributed by atoms with van der Waals surface area (Å²) in [6.07, 6.45) is 6.31. The molecule has 0 unspecified atom stereocenters. The van der Waals surface area contributed by atoms with Crippen LogP contribution >= 0.6 is 0 Å². The second kappa shape index (κ2) is 8.27. The molecule has 3 aromatic rings. The third-order valence-electron chi connectivity index (χ3n) is 5.02. The Morgan fingerprint density at radius 1 is 1.04 bits per heavy atom. The predicted octanol–water partition coefficient (Wildman–Crippen LogP) is 4.06. The fourth-order valence-electron chi connectivity index (χ4n) is 3.46. The summed E-state index contributed by atoms with van der Waals surface area (Å²) in [6, 6.07) is 16.7. The SMILES string of the molecule is COc1cc(-c2cnn(C3CCNCC3)c2)ccc1OCc1ccccc1. The molecule has 1 aliphatic rings. The minimum absolute atomic E-state index is 0.482. The minimum Gasteiger partial charge on any atom is -0.493 e. The van der Waals surface area contributed by atoms with Gasteiger partial charge < -0.3 is 14.8 Å². The molecule has 1 fully saturated rings. The maximum absolute atomic E-state index is 5.95. The Bertz CT molecular complexity index is 870. The molecule has 2 aromatic carbocycles. The third kappa shape index (κ3) is 4.14. The van der Waals surface area contributed by atoms with E-state index in [1.54, 1.807) is 7.11 Å². The number of rotatable bonds is 6. The molecule has 140 valence electrons. The maximum atomic E-state index is 5.95. The standard InChI is InChI=1S/C22H25N3O2/c1-26-22-13-18(7-8-21(22)27-16-17-5-3-2-4-6-17)19-14-24-25(15-19)20-9-11-23-12-10-20/h2-8,13-15,20,23H,9-12,16H2,1H3. The number of piperidine rings is 1. The van der Waals surface area contributed by atoms with Crippen molar-refractivity contribution < 1.29 is 9.47 Å². The first kappa shape index (κ1) is 17.6. The Morgan fingerprint density at radius 2 is 1.85 bits per heavy atom. The van der Waals surface area contributed by atoms with Crippen LogP contribution in [0.2, 0.25) is 0 Å². The largest absolute Gasteiger partial charge is 0.493 e. The highest BCUT2D eigenvalue weighted by atomic mass is 16.5. The first-order valence-corrected chi connectivity index (χ1v) is 9.43. The molecular weight excluding hydrogens is 338 g/mol. The number of ether oxygens (including phenoxy) is 2.